The predicted molar refractivity (Wildman–Crippen MR) is 81.4 cm³/mol. The third-order valence-electron chi connectivity index (χ3n) is 4.22. The zero-order chi connectivity index (χ0) is 14.0. The molecule has 3 nitrogen and oxygen atoms in total. The summed E-state index contributed by atoms with van der Waals surface area (Å²) in [5.41, 5.74) is 10.3. The van der Waals surface area contributed by atoms with Gasteiger partial charge in [0, 0.05) is 38.3 Å². The van der Waals surface area contributed by atoms with Gasteiger partial charge in [-0.25, -0.2) is 0 Å². The Bertz CT molecular complexity index is 430. The Balaban J connectivity index is 2.02. The summed E-state index contributed by atoms with van der Waals surface area (Å²) in [7, 11) is 2.19. The van der Waals surface area contributed by atoms with Crippen molar-refractivity contribution in [2.45, 2.75) is 32.9 Å². The second-order valence-corrected chi connectivity index (χ2v) is 6.07. The van der Waals surface area contributed by atoms with Crippen LogP contribution in [0.1, 0.15) is 29.7 Å². The maximum absolute atomic E-state index is 6.42. The van der Waals surface area contributed by atoms with E-state index in [9.17, 15) is 0 Å². The number of piperazine rings is 1. The van der Waals surface area contributed by atoms with Crippen LogP contribution in [-0.4, -0.2) is 49.1 Å². The van der Waals surface area contributed by atoms with E-state index < -0.39 is 0 Å². The molecule has 0 spiro atoms. The van der Waals surface area contributed by atoms with E-state index in [2.05, 4.69) is 55.8 Å². The van der Waals surface area contributed by atoms with Crippen molar-refractivity contribution in [2.24, 2.45) is 5.73 Å². The van der Waals surface area contributed by atoms with Crippen molar-refractivity contribution >= 4 is 0 Å². The number of nitrogens with two attached hydrogens (primary N) is 1. The molecule has 2 unspecified atom stereocenters. The first kappa shape index (κ1) is 14.5. The van der Waals surface area contributed by atoms with Gasteiger partial charge in [-0.3, -0.25) is 4.90 Å². The van der Waals surface area contributed by atoms with Gasteiger partial charge in [-0.15, -0.1) is 0 Å². The monoisotopic (exact) mass is 261 g/mol. The van der Waals surface area contributed by atoms with Gasteiger partial charge >= 0.3 is 0 Å². The first-order chi connectivity index (χ1) is 8.97. The number of aryl methyl sites for hydroxylation is 2. The highest BCUT2D eigenvalue weighted by Gasteiger charge is 2.23. The van der Waals surface area contributed by atoms with E-state index in [4.69, 9.17) is 5.73 Å². The molecule has 106 valence electrons. The lowest BCUT2D eigenvalue weighted by Gasteiger charge is -2.39. The summed E-state index contributed by atoms with van der Waals surface area (Å²) in [5, 5.41) is 0. The van der Waals surface area contributed by atoms with Gasteiger partial charge in [0.25, 0.3) is 0 Å². The van der Waals surface area contributed by atoms with E-state index in [1.807, 2.05) is 0 Å². The van der Waals surface area contributed by atoms with Crippen LogP contribution in [0.5, 0.6) is 0 Å². The first-order valence-corrected chi connectivity index (χ1v) is 7.22. The van der Waals surface area contributed by atoms with Gasteiger partial charge in [0.1, 0.15) is 0 Å². The van der Waals surface area contributed by atoms with Gasteiger partial charge < -0.3 is 10.6 Å². The molecule has 0 aromatic heterocycles. The van der Waals surface area contributed by atoms with Crippen LogP contribution in [0, 0.1) is 13.8 Å². The fraction of sp³-hybridized carbons (Fsp3) is 0.625. The lowest BCUT2D eigenvalue weighted by atomic mass is 9.99. The summed E-state index contributed by atoms with van der Waals surface area (Å²) in [6.45, 7) is 10.9. The number of likely N-dealkylation sites (N-methyl/N-ethyl adjacent to an activating group) is 1. The van der Waals surface area contributed by atoms with Crippen LogP contribution in [0.15, 0.2) is 18.2 Å². The summed E-state index contributed by atoms with van der Waals surface area (Å²) in [6, 6.07) is 7.29. The number of nitrogens with zero attached hydrogens (tertiary/aromatic N) is 2. The third kappa shape index (κ3) is 3.56. The fourth-order valence-corrected chi connectivity index (χ4v) is 3.04. The lowest BCUT2D eigenvalue weighted by Crippen LogP contribution is -2.52. The quantitative estimate of drug-likeness (QED) is 0.902. The zero-order valence-electron chi connectivity index (χ0n) is 12.7. The highest BCUT2D eigenvalue weighted by Crippen LogP contribution is 2.20. The van der Waals surface area contributed by atoms with Gasteiger partial charge in [-0.2, -0.15) is 0 Å². The Labute approximate surface area is 117 Å². The summed E-state index contributed by atoms with van der Waals surface area (Å²) in [4.78, 5) is 4.91. The Hall–Kier alpha value is -0.900. The van der Waals surface area contributed by atoms with Crippen LogP contribution in [-0.2, 0) is 0 Å². The normalized spacial score (nSPS) is 23.5. The summed E-state index contributed by atoms with van der Waals surface area (Å²) in [6.07, 6.45) is 0. The molecule has 1 saturated heterocycles. The second kappa shape index (κ2) is 6.04. The SMILES string of the molecule is Cc1ccc(C(N)CN2CCN(C)CC2C)c(C)c1. The molecule has 0 radical (unpaired) electrons. The van der Waals surface area contributed by atoms with Gasteiger partial charge in [-0.1, -0.05) is 23.8 Å². The van der Waals surface area contributed by atoms with Crippen molar-refractivity contribution in [1.29, 1.82) is 0 Å². The summed E-state index contributed by atoms with van der Waals surface area (Å²) >= 11 is 0. The van der Waals surface area contributed by atoms with Crippen molar-refractivity contribution < 1.29 is 0 Å². The minimum absolute atomic E-state index is 0.117. The van der Waals surface area contributed by atoms with Gasteiger partial charge in [-0.05, 0) is 38.9 Å². The molecule has 3 heteroatoms. The molecule has 1 heterocycles. The van der Waals surface area contributed by atoms with Crippen molar-refractivity contribution in [3.8, 4) is 0 Å². The van der Waals surface area contributed by atoms with E-state index in [1.54, 1.807) is 0 Å². The van der Waals surface area contributed by atoms with Crippen LogP contribution in [0.25, 0.3) is 0 Å². The maximum atomic E-state index is 6.42. The second-order valence-electron chi connectivity index (χ2n) is 6.07. The predicted octanol–water partition coefficient (Wildman–Crippen LogP) is 1.94. The molecule has 0 amide bonds. The Morgan fingerprint density at radius 1 is 1.32 bits per heavy atom. The Morgan fingerprint density at radius 3 is 2.68 bits per heavy atom. The largest absolute Gasteiger partial charge is 0.323 e. The van der Waals surface area contributed by atoms with Gasteiger partial charge in [0.2, 0.25) is 0 Å². The van der Waals surface area contributed by atoms with E-state index in [-0.39, 0.29) is 6.04 Å². The van der Waals surface area contributed by atoms with E-state index >= 15 is 0 Å². The topological polar surface area (TPSA) is 32.5 Å². The molecule has 1 fully saturated rings. The fourth-order valence-electron chi connectivity index (χ4n) is 3.04. The molecule has 1 aromatic rings. The molecule has 1 aliphatic rings. The third-order valence-corrected chi connectivity index (χ3v) is 4.22. The number of benzene rings is 1. The molecular weight excluding hydrogens is 234 g/mol. The molecule has 0 bridgehead atoms. The molecule has 2 atom stereocenters. The van der Waals surface area contributed by atoms with Crippen molar-refractivity contribution in [3.63, 3.8) is 0 Å². The molecule has 0 aliphatic carbocycles. The molecule has 19 heavy (non-hydrogen) atoms. The van der Waals surface area contributed by atoms with Crippen molar-refractivity contribution in [3.05, 3.63) is 34.9 Å². The highest BCUT2D eigenvalue weighted by atomic mass is 15.3. The minimum atomic E-state index is 0.117. The first-order valence-electron chi connectivity index (χ1n) is 7.22. The van der Waals surface area contributed by atoms with Crippen LogP contribution in [0.2, 0.25) is 0 Å². The van der Waals surface area contributed by atoms with Crippen molar-refractivity contribution in [1.82, 2.24) is 9.80 Å². The molecule has 1 aliphatic heterocycles. The van der Waals surface area contributed by atoms with Crippen LogP contribution >= 0.6 is 0 Å². The van der Waals surface area contributed by atoms with Crippen LogP contribution in [0.4, 0.5) is 0 Å². The van der Waals surface area contributed by atoms with E-state index in [1.165, 1.54) is 16.7 Å². The molecule has 1 aromatic carbocycles. The Kier molecular flexibility index (Phi) is 4.61. The lowest BCUT2D eigenvalue weighted by molar-refractivity contribution is 0.0945. The van der Waals surface area contributed by atoms with Gasteiger partial charge in [0.05, 0.1) is 0 Å². The zero-order valence-corrected chi connectivity index (χ0v) is 12.7. The van der Waals surface area contributed by atoms with Crippen LogP contribution < -0.4 is 5.73 Å². The van der Waals surface area contributed by atoms with Crippen LogP contribution in [0.3, 0.4) is 0 Å². The smallest absolute Gasteiger partial charge is 0.0427 e. The standard InChI is InChI=1S/C16H27N3/c1-12-5-6-15(13(2)9-12)16(17)11-19-8-7-18(4)10-14(19)3/h5-6,9,14,16H,7-8,10-11,17H2,1-4H3. The summed E-state index contributed by atoms with van der Waals surface area (Å²) in [5.74, 6) is 0. The highest BCUT2D eigenvalue weighted by molar-refractivity contribution is 5.32. The number of hydrogen-bond donors (Lipinski definition) is 1. The average Bonchev–Trinajstić information content (AvgIpc) is 2.32. The number of hydrogen-bond acceptors (Lipinski definition) is 3. The van der Waals surface area contributed by atoms with E-state index in [0.717, 1.165) is 26.2 Å². The van der Waals surface area contributed by atoms with E-state index in [0.29, 0.717) is 6.04 Å². The Morgan fingerprint density at radius 2 is 2.05 bits per heavy atom. The van der Waals surface area contributed by atoms with Gasteiger partial charge in [0.15, 0.2) is 0 Å². The van der Waals surface area contributed by atoms with Crippen molar-refractivity contribution in [2.75, 3.05) is 33.2 Å². The maximum Gasteiger partial charge on any atom is 0.0427 e. The summed E-state index contributed by atoms with van der Waals surface area (Å²) < 4.78 is 0. The average molecular weight is 261 g/mol. The molecule has 2 N–H and O–H groups in total. The number of rotatable bonds is 3. The molecule has 0 saturated carbocycles. The minimum Gasteiger partial charge on any atom is -0.323 e. The molecular formula is C16H27N3. The molecule has 2 rings (SSSR count).